The van der Waals surface area contributed by atoms with Crippen LogP contribution in [0, 0.1) is 6.92 Å². The molecule has 0 bridgehead atoms. The summed E-state index contributed by atoms with van der Waals surface area (Å²) in [5.41, 5.74) is 1.22. The predicted octanol–water partition coefficient (Wildman–Crippen LogP) is 2.09. The molecule has 2 heterocycles. The normalized spacial score (nSPS) is 12.2. The van der Waals surface area contributed by atoms with Crippen molar-refractivity contribution in [3.63, 3.8) is 0 Å². The zero-order valence-corrected chi connectivity index (χ0v) is 12.9. The minimum absolute atomic E-state index is 0.117. The number of thiophene rings is 1. The third-order valence-corrected chi connectivity index (χ3v) is 4.18. The van der Waals surface area contributed by atoms with Gasteiger partial charge in [-0.05, 0) is 30.9 Å². The number of carbonyl (C=O) groups excluding carboxylic acids is 1. The molecule has 2 aromatic heterocycles. The van der Waals surface area contributed by atoms with E-state index in [2.05, 4.69) is 28.5 Å². The lowest BCUT2D eigenvalue weighted by atomic mass is 10.3. The molecule has 1 atom stereocenters. The van der Waals surface area contributed by atoms with Gasteiger partial charge in [-0.25, -0.2) is 4.79 Å². The Labute approximate surface area is 122 Å². The van der Waals surface area contributed by atoms with Crippen LogP contribution in [0.4, 0.5) is 4.79 Å². The molecule has 0 aromatic carbocycles. The van der Waals surface area contributed by atoms with Crippen LogP contribution in [0.1, 0.15) is 29.2 Å². The fourth-order valence-electron chi connectivity index (χ4n) is 1.90. The molecule has 2 rings (SSSR count). The van der Waals surface area contributed by atoms with Crippen LogP contribution in [-0.2, 0) is 13.6 Å². The lowest BCUT2D eigenvalue weighted by molar-refractivity contribution is 0.203. The molecular formula is C13H19N5OS. The van der Waals surface area contributed by atoms with Crippen LogP contribution in [0.25, 0.3) is 0 Å². The topological polar surface area (TPSA) is 63.1 Å². The Morgan fingerprint density at radius 2 is 2.35 bits per heavy atom. The summed E-state index contributed by atoms with van der Waals surface area (Å²) in [5, 5.41) is 12.8. The average molecular weight is 293 g/mol. The molecule has 0 aliphatic heterocycles. The first-order valence-corrected chi connectivity index (χ1v) is 7.25. The molecule has 0 fully saturated rings. The van der Waals surface area contributed by atoms with E-state index in [1.165, 1.54) is 10.4 Å². The Kier molecular flexibility index (Phi) is 4.39. The van der Waals surface area contributed by atoms with Crippen LogP contribution in [0.3, 0.4) is 0 Å². The number of amides is 2. The molecule has 7 heteroatoms. The molecular weight excluding hydrogens is 274 g/mol. The molecule has 20 heavy (non-hydrogen) atoms. The van der Waals surface area contributed by atoms with E-state index in [-0.39, 0.29) is 12.1 Å². The number of hydrogen-bond acceptors (Lipinski definition) is 4. The summed E-state index contributed by atoms with van der Waals surface area (Å²) in [7, 11) is 3.65. The number of urea groups is 1. The van der Waals surface area contributed by atoms with Crippen molar-refractivity contribution in [2.24, 2.45) is 7.05 Å². The highest BCUT2D eigenvalue weighted by Crippen LogP contribution is 2.17. The lowest BCUT2D eigenvalue weighted by Gasteiger charge is -2.20. The van der Waals surface area contributed by atoms with E-state index >= 15 is 0 Å². The second-order valence-electron chi connectivity index (χ2n) is 4.85. The van der Waals surface area contributed by atoms with E-state index < -0.39 is 0 Å². The van der Waals surface area contributed by atoms with Crippen molar-refractivity contribution in [2.75, 3.05) is 7.05 Å². The minimum Gasteiger partial charge on any atom is -0.328 e. The van der Waals surface area contributed by atoms with E-state index in [1.807, 2.05) is 19.4 Å². The van der Waals surface area contributed by atoms with Gasteiger partial charge in [0.1, 0.15) is 6.33 Å². The first-order valence-electron chi connectivity index (χ1n) is 6.37. The highest BCUT2D eigenvalue weighted by Gasteiger charge is 2.17. The first kappa shape index (κ1) is 14.5. The first-order chi connectivity index (χ1) is 9.49. The maximum absolute atomic E-state index is 12.2. The number of aromatic nitrogens is 3. The quantitative estimate of drug-likeness (QED) is 0.939. The number of nitrogens with one attached hydrogen (secondary N) is 1. The van der Waals surface area contributed by atoms with Crippen molar-refractivity contribution in [1.82, 2.24) is 25.0 Å². The van der Waals surface area contributed by atoms with Crippen molar-refractivity contribution in [3.05, 3.63) is 34.0 Å². The molecule has 0 aliphatic carbocycles. The van der Waals surface area contributed by atoms with E-state index in [0.29, 0.717) is 6.54 Å². The molecule has 2 aromatic rings. The van der Waals surface area contributed by atoms with Gasteiger partial charge in [-0.2, -0.15) is 0 Å². The minimum atomic E-state index is -0.179. The van der Waals surface area contributed by atoms with Gasteiger partial charge in [0, 0.05) is 19.0 Å². The molecule has 0 saturated heterocycles. The Balaban J connectivity index is 1.94. The number of carbonyl (C=O) groups is 1. The third kappa shape index (κ3) is 3.16. The smallest absolute Gasteiger partial charge is 0.318 e. The van der Waals surface area contributed by atoms with Gasteiger partial charge in [-0.15, -0.1) is 21.5 Å². The Bertz CT molecular complexity index is 591. The summed E-state index contributed by atoms with van der Waals surface area (Å²) in [6.45, 7) is 4.56. The van der Waals surface area contributed by atoms with Gasteiger partial charge in [-0.3, -0.25) is 0 Å². The molecule has 1 N–H and O–H groups in total. The molecule has 0 saturated carbocycles. The molecule has 108 valence electrons. The average Bonchev–Trinajstić information content (AvgIpc) is 2.99. The van der Waals surface area contributed by atoms with Crippen LogP contribution in [0.15, 0.2) is 17.8 Å². The highest BCUT2D eigenvalue weighted by molar-refractivity contribution is 7.10. The Morgan fingerprint density at radius 1 is 1.60 bits per heavy atom. The number of nitrogens with zero attached hydrogens (tertiary/aromatic N) is 4. The van der Waals surface area contributed by atoms with E-state index in [1.54, 1.807) is 34.2 Å². The predicted molar refractivity (Wildman–Crippen MR) is 78.5 cm³/mol. The van der Waals surface area contributed by atoms with Crippen LogP contribution >= 0.6 is 11.3 Å². The van der Waals surface area contributed by atoms with Gasteiger partial charge in [-0.1, -0.05) is 0 Å². The molecule has 0 aliphatic rings. The van der Waals surface area contributed by atoms with Crippen molar-refractivity contribution >= 4 is 17.4 Å². The van der Waals surface area contributed by atoms with Crippen LogP contribution < -0.4 is 5.32 Å². The van der Waals surface area contributed by atoms with Gasteiger partial charge >= 0.3 is 6.03 Å². The van der Waals surface area contributed by atoms with Crippen molar-refractivity contribution < 1.29 is 4.79 Å². The third-order valence-electron chi connectivity index (χ3n) is 3.17. The van der Waals surface area contributed by atoms with Crippen LogP contribution in [0.2, 0.25) is 0 Å². The fraction of sp³-hybridized carbons (Fsp3) is 0.462. The number of aryl methyl sites for hydroxylation is 2. The molecule has 0 spiro atoms. The maximum Gasteiger partial charge on any atom is 0.318 e. The van der Waals surface area contributed by atoms with E-state index in [4.69, 9.17) is 0 Å². The molecule has 0 radical (unpaired) electrons. The molecule has 2 amide bonds. The zero-order valence-electron chi connectivity index (χ0n) is 12.1. The monoisotopic (exact) mass is 293 g/mol. The maximum atomic E-state index is 12.2. The van der Waals surface area contributed by atoms with Gasteiger partial charge in [0.15, 0.2) is 5.82 Å². The molecule has 6 nitrogen and oxygen atoms in total. The SMILES string of the molecule is Cc1ccsc1CN(C)C(=O)NC(C)c1nncn1C. The van der Waals surface area contributed by atoms with Crippen LogP contribution in [0.5, 0.6) is 0 Å². The van der Waals surface area contributed by atoms with E-state index in [9.17, 15) is 4.79 Å². The highest BCUT2D eigenvalue weighted by atomic mass is 32.1. The summed E-state index contributed by atoms with van der Waals surface area (Å²) in [5.74, 6) is 0.735. The largest absolute Gasteiger partial charge is 0.328 e. The summed E-state index contributed by atoms with van der Waals surface area (Å²) < 4.78 is 1.80. The fourth-order valence-corrected chi connectivity index (χ4v) is 2.86. The van der Waals surface area contributed by atoms with Gasteiger partial charge in [0.25, 0.3) is 0 Å². The number of rotatable bonds is 4. The summed E-state index contributed by atoms with van der Waals surface area (Å²) in [6.07, 6.45) is 1.62. The second-order valence-corrected chi connectivity index (χ2v) is 5.85. The Hall–Kier alpha value is -1.89. The van der Waals surface area contributed by atoms with Gasteiger partial charge in [0.05, 0.1) is 12.6 Å². The van der Waals surface area contributed by atoms with E-state index in [0.717, 1.165) is 5.82 Å². The van der Waals surface area contributed by atoms with Crippen molar-refractivity contribution in [1.29, 1.82) is 0 Å². The summed E-state index contributed by atoms with van der Waals surface area (Å²) >= 11 is 1.67. The Morgan fingerprint density at radius 3 is 2.90 bits per heavy atom. The molecule has 1 unspecified atom stereocenters. The summed E-state index contributed by atoms with van der Waals surface area (Å²) in [6, 6.07) is 1.77. The number of hydrogen-bond donors (Lipinski definition) is 1. The lowest BCUT2D eigenvalue weighted by Crippen LogP contribution is -2.38. The summed E-state index contributed by atoms with van der Waals surface area (Å²) in [4.78, 5) is 15.0. The van der Waals surface area contributed by atoms with Gasteiger partial charge in [0.2, 0.25) is 0 Å². The standard InChI is InChI=1S/C13H19N5OS/c1-9-5-6-20-11(9)7-17(3)13(19)15-10(2)12-16-14-8-18(12)4/h5-6,8,10H,7H2,1-4H3,(H,15,19). The second kappa shape index (κ2) is 6.04. The van der Waals surface area contributed by atoms with Crippen LogP contribution in [-0.4, -0.2) is 32.7 Å². The van der Waals surface area contributed by atoms with Crippen molar-refractivity contribution in [3.8, 4) is 0 Å². The van der Waals surface area contributed by atoms with Crippen molar-refractivity contribution in [2.45, 2.75) is 26.4 Å². The zero-order chi connectivity index (χ0) is 14.7. The van der Waals surface area contributed by atoms with Gasteiger partial charge < -0.3 is 14.8 Å².